The number of rotatable bonds is 2. The van der Waals surface area contributed by atoms with Gasteiger partial charge < -0.3 is 5.32 Å². The average Bonchev–Trinajstić information content (AvgIpc) is 2.32. The molecule has 0 saturated carbocycles. The summed E-state index contributed by atoms with van der Waals surface area (Å²) in [5.74, 6) is 0.670. The molecule has 0 bridgehead atoms. The molecule has 1 aliphatic heterocycles. The van der Waals surface area contributed by atoms with Crippen LogP contribution >= 0.6 is 0 Å². The Bertz CT molecular complexity index is 260. The Kier molecular flexibility index (Phi) is 1.51. The van der Waals surface area contributed by atoms with Crippen LogP contribution in [0.5, 0.6) is 0 Å². The molecule has 11 heavy (non-hydrogen) atoms. The van der Waals surface area contributed by atoms with Crippen molar-refractivity contribution in [3.8, 4) is 0 Å². The minimum atomic E-state index is 0.670. The van der Waals surface area contributed by atoms with E-state index in [4.69, 9.17) is 0 Å². The van der Waals surface area contributed by atoms with Gasteiger partial charge in [-0.3, -0.25) is 0 Å². The Hall–Kier alpha value is -1.09. The van der Waals surface area contributed by atoms with Crippen LogP contribution in [-0.2, 0) is 0 Å². The number of aromatic nitrogens is 2. The van der Waals surface area contributed by atoms with E-state index >= 15 is 0 Å². The largest absolute Gasteiger partial charge is 0.315 e. The van der Waals surface area contributed by atoms with Crippen LogP contribution < -0.4 is 5.32 Å². The second kappa shape index (κ2) is 2.51. The first-order valence-corrected chi connectivity index (χ1v) is 3.77. The van der Waals surface area contributed by atoms with Gasteiger partial charge >= 0.3 is 0 Å². The number of nitrogens with one attached hydrogen (secondary N) is 1. The maximum atomic E-state index is 4.11. The highest BCUT2D eigenvalue weighted by molar-refractivity contribution is 5.22. The molecule has 1 aromatic rings. The van der Waals surface area contributed by atoms with Crippen molar-refractivity contribution in [1.82, 2.24) is 15.1 Å². The summed E-state index contributed by atoms with van der Waals surface area (Å²) in [6.07, 6.45) is 5.64. The standard InChI is InChI=1S/C8H11N3/c1-2-11-6-8(5-10-11)7-3-9-4-7/h2,5-7,9H,1,3-4H2. The first-order chi connectivity index (χ1) is 5.40. The van der Waals surface area contributed by atoms with Crippen molar-refractivity contribution in [1.29, 1.82) is 0 Å². The van der Waals surface area contributed by atoms with Crippen LogP contribution in [0.2, 0.25) is 0 Å². The zero-order valence-corrected chi connectivity index (χ0v) is 6.33. The highest BCUT2D eigenvalue weighted by Crippen LogP contribution is 2.18. The van der Waals surface area contributed by atoms with Crippen molar-refractivity contribution in [2.24, 2.45) is 0 Å². The molecular weight excluding hydrogens is 138 g/mol. The zero-order chi connectivity index (χ0) is 7.68. The van der Waals surface area contributed by atoms with Gasteiger partial charge in [0, 0.05) is 31.4 Å². The Morgan fingerprint density at radius 2 is 2.55 bits per heavy atom. The summed E-state index contributed by atoms with van der Waals surface area (Å²) < 4.78 is 1.74. The summed E-state index contributed by atoms with van der Waals surface area (Å²) in [4.78, 5) is 0. The molecule has 0 aliphatic carbocycles. The molecule has 0 spiro atoms. The van der Waals surface area contributed by atoms with Crippen molar-refractivity contribution in [3.05, 3.63) is 24.5 Å². The van der Waals surface area contributed by atoms with E-state index in [1.54, 1.807) is 10.9 Å². The highest BCUT2D eigenvalue weighted by Gasteiger charge is 2.19. The van der Waals surface area contributed by atoms with E-state index in [2.05, 4.69) is 17.0 Å². The third kappa shape index (κ3) is 1.07. The number of hydrogen-bond acceptors (Lipinski definition) is 2. The summed E-state index contributed by atoms with van der Waals surface area (Å²) in [7, 11) is 0. The van der Waals surface area contributed by atoms with E-state index in [0.717, 1.165) is 13.1 Å². The van der Waals surface area contributed by atoms with E-state index in [1.165, 1.54) is 5.56 Å². The first-order valence-electron chi connectivity index (χ1n) is 3.77. The van der Waals surface area contributed by atoms with E-state index in [1.807, 2.05) is 12.4 Å². The third-order valence-electron chi connectivity index (χ3n) is 2.06. The average molecular weight is 149 g/mol. The predicted molar refractivity (Wildman–Crippen MR) is 44.2 cm³/mol. The minimum absolute atomic E-state index is 0.670. The van der Waals surface area contributed by atoms with Gasteiger partial charge in [-0.2, -0.15) is 5.10 Å². The smallest absolute Gasteiger partial charge is 0.0529 e. The molecule has 1 aromatic heterocycles. The van der Waals surface area contributed by atoms with Gasteiger partial charge in [0.05, 0.1) is 6.20 Å². The molecule has 0 aromatic carbocycles. The Morgan fingerprint density at radius 3 is 3.00 bits per heavy atom. The summed E-state index contributed by atoms with van der Waals surface area (Å²) in [6, 6.07) is 0. The lowest BCUT2D eigenvalue weighted by molar-refractivity contribution is 0.448. The molecule has 0 amide bonds. The van der Waals surface area contributed by atoms with Crippen molar-refractivity contribution in [3.63, 3.8) is 0 Å². The lowest BCUT2D eigenvalue weighted by Gasteiger charge is -2.25. The van der Waals surface area contributed by atoms with Crippen molar-refractivity contribution < 1.29 is 0 Å². The summed E-state index contributed by atoms with van der Waals surface area (Å²) in [5, 5.41) is 7.33. The Morgan fingerprint density at radius 1 is 1.73 bits per heavy atom. The quantitative estimate of drug-likeness (QED) is 0.669. The van der Waals surface area contributed by atoms with Gasteiger partial charge in [0.1, 0.15) is 0 Å². The molecule has 0 radical (unpaired) electrons. The topological polar surface area (TPSA) is 29.9 Å². The summed E-state index contributed by atoms with van der Waals surface area (Å²) >= 11 is 0. The molecule has 2 rings (SSSR count). The summed E-state index contributed by atoms with van der Waals surface area (Å²) in [5.41, 5.74) is 1.31. The molecule has 1 saturated heterocycles. The summed E-state index contributed by atoms with van der Waals surface area (Å²) in [6.45, 7) is 5.80. The van der Waals surface area contributed by atoms with Crippen LogP contribution in [-0.4, -0.2) is 22.9 Å². The lowest BCUT2D eigenvalue weighted by atomic mass is 9.97. The van der Waals surface area contributed by atoms with Crippen LogP contribution in [0.3, 0.4) is 0 Å². The van der Waals surface area contributed by atoms with Gasteiger partial charge in [0.2, 0.25) is 0 Å². The van der Waals surface area contributed by atoms with Crippen LogP contribution in [0.1, 0.15) is 11.5 Å². The van der Waals surface area contributed by atoms with Gasteiger partial charge in [-0.15, -0.1) is 0 Å². The zero-order valence-electron chi connectivity index (χ0n) is 6.33. The molecule has 1 aliphatic rings. The fraction of sp³-hybridized carbons (Fsp3) is 0.375. The van der Waals surface area contributed by atoms with Gasteiger partial charge in [0.25, 0.3) is 0 Å². The molecule has 1 N–H and O–H groups in total. The van der Waals surface area contributed by atoms with Crippen molar-refractivity contribution in [2.45, 2.75) is 5.92 Å². The Labute approximate surface area is 65.7 Å². The fourth-order valence-corrected chi connectivity index (χ4v) is 1.19. The van der Waals surface area contributed by atoms with E-state index in [0.29, 0.717) is 5.92 Å². The molecule has 0 unspecified atom stereocenters. The molecular formula is C8H11N3. The van der Waals surface area contributed by atoms with Crippen LogP contribution in [0, 0.1) is 0 Å². The Balaban J connectivity index is 2.17. The monoisotopic (exact) mass is 149 g/mol. The van der Waals surface area contributed by atoms with E-state index in [-0.39, 0.29) is 0 Å². The lowest BCUT2D eigenvalue weighted by Crippen LogP contribution is -2.39. The van der Waals surface area contributed by atoms with Crippen LogP contribution in [0.4, 0.5) is 0 Å². The molecule has 3 heteroatoms. The van der Waals surface area contributed by atoms with Crippen LogP contribution in [0.25, 0.3) is 6.20 Å². The van der Waals surface area contributed by atoms with Gasteiger partial charge in [-0.05, 0) is 5.56 Å². The normalized spacial score (nSPS) is 17.8. The molecule has 1 fully saturated rings. The maximum Gasteiger partial charge on any atom is 0.0529 e. The first kappa shape index (κ1) is 6.61. The fourth-order valence-electron chi connectivity index (χ4n) is 1.19. The maximum absolute atomic E-state index is 4.11. The molecule has 2 heterocycles. The molecule has 58 valence electrons. The highest BCUT2D eigenvalue weighted by atomic mass is 15.2. The molecule has 3 nitrogen and oxygen atoms in total. The van der Waals surface area contributed by atoms with Gasteiger partial charge in [-0.25, -0.2) is 4.68 Å². The second-order valence-corrected chi connectivity index (χ2v) is 2.79. The minimum Gasteiger partial charge on any atom is -0.315 e. The van der Waals surface area contributed by atoms with Crippen molar-refractivity contribution in [2.75, 3.05) is 13.1 Å². The number of nitrogens with zero attached hydrogens (tertiary/aromatic N) is 2. The van der Waals surface area contributed by atoms with E-state index < -0.39 is 0 Å². The molecule has 0 atom stereocenters. The second-order valence-electron chi connectivity index (χ2n) is 2.79. The predicted octanol–water partition coefficient (Wildman–Crippen LogP) is 0.670. The van der Waals surface area contributed by atoms with E-state index in [9.17, 15) is 0 Å². The van der Waals surface area contributed by atoms with Gasteiger partial charge in [-0.1, -0.05) is 6.58 Å². The SMILES string of the molecule is C=Cn1cc(C2CNC2)cn1. The third-order valence-corrected chi connectivity index (χ3v) is 2.06. The van der Waals surface area contributed by atoms with Crippen molar-refractivity contribution >= 4 is 6.20 Å². The number of hydrogen-bond donors (Lipinski definition) is 1. The van der Waals surface area contributed by atoms with Crippen LogP contribution in [0.15, 0.2) is 19.0 Å². The van der Waals surface area contributed by atoms with Gasteiger partial charge in [0.15, 0.2) is 0 Å².